The molecule has 0 bridgehead atoms. The van der Waals surface area contributed by atoms with Crippen LogP contribution in [0.2, 0.25) is 0 Å². The number of carbonyl (C=O) groups is 1. The van der Waals surface area contributed by atoms with E-state index in [1.54, 1.807) is 0 Å². The summed E-state index contributed by atoms with van der Waals surface area (Å²) in [5, 5.41) is 6.22. The Balaban J connectivity index is 1.77. The topological polar surface area (TPSA) is 44.4 Å². The molecule has 104 valence electrons. The highest BCUT2D eigenvalue weighted by Gasteiger charge is 2.19. The van der Waals surface area contributed by atoms with Crippen molar-refractivity contribution in [1.29, 1.82) is 0 Å². The standard InChI is InChI=1S/C14H20BrN3O/c1-16-12-6-8-18(9-7-12)10-14(19)17-13-4-2-11(15)3-5-13/h2-5,12,16H,6-10H2,1H3,(H,17,19). The largest absolute Gasteiger partial charge is 0.325 e. The van der Waals surface area contributed by atoms with E-state index >= 15 is 0 Å². The van der Waals surface area contributed by atoms with Gasteiger partial charge in [0.05, 0.1) is 6.54 Å². The van der Waals surface area contributed by atoms with Crippen LogP contribution in [-0.2, 0) is 4.79 Å². The first-order valence-corrected chi connectivity index (χ1v) is 7.41. The van der Waals surface area contributed by atoms with E-state index in [9.17, 15) is 4.79 Å². The van der Waals surface area contributed by atoms with Crippen LogP contribution in [-0.4, -0.2) is 43.5 Å². The molecule has 1 aliphatic heterocycles. The van der Waals surface area contributed by atoms with Crippen molar-refractivity contribution in [3.63, 3.8) is 0 Å². The lowest BCUT2D eigenvalue weighted by Crippen LogP contribution is -2.44. The van der Waals surface area contributed by atoms with E-state index < -0.39 is 0 Å². The van der Waals surface area contributed by atoms with Crippen LogP contribution in [0.3, 0.4) is 0 Å². The first kappa shape index (κ1) is 14.5. The summed E-state index contributed by atoms with van der Waals surface area (Å²) in [5.74, 6) is 0.0604. The Morgan fingerprint density at radius 2 is 1.95 bits per heavy atom. The maximum Gasteiger partial charge on any atom is 0.238 e. The molecule has 0 unspecified atom stereocenters. The Hall–Kier alpha value is -0.910. The van der Waals surface area contributed by atoms with Crippen LogP contribution < -0.4 is 10.6 Å². The maximum absolute atomic E-state index is 11.9. The molecule has 0 spiro atoms. The van der Waals surface area contributed by atoms with Crippen molar-refractivity contribution < 1.29 is 4.79 Å². The van der Waals surface area contributed by atoms with Crippen molar-refractivity contribution in [2.24, 2.45) is 0 Å². The lowest BCUT2D eigenvalue weighted by Gasteiger charge is -2.31. The number of piperidine rings is 1. The summed E-state index contributed by atoms with van der Waals surface area (Å²) in [7, 11) is 2.00. The summed E-state index contributed by atoms with van der Waals surface area (Å²) in [5.41, 5.74) is 0.846. The van der Waals surface area contributed by atoms with Crippen molar-refractivity contribution in [2.75, 3.05) is 32.0 Å². The summed E-state index contributed by atoms with van der Waals surface area (Å²) >= 11 is 3.38. The van der Waals surface area contributed by atoms with Crippen molar-refractivity contribution in [3.8, 4) is 0 Å². The fourth-order valence-corrected chi connectivity index (χ4v) is 2.58. The summed E-state index contributed by atoms with van der Waals surface area (Å²) < 4.78 is 1.01. The van der Waals surface area contributed by atoms with Gasteiger partial charge in [-0.3, -0.25) is 9.69 Å². The Labute approximate surface area is 122 Å². The molecule has 4 nitrogen and oxygen atoms in total. The number of halogens is 1. The van der Waals surface area contributed by atoms with Crippen LogP contribution in [0.25, 0.3) is 0 Å². The predicted molar refractivity (Wildman–Crippen MR) is 81.3 cm³/mol. The smallest absolute Gasteiger partial charge is 0.238 e. The average Bonchev–Trinajstić information content (AvgIpc) is 2.42. The molecule has 2 N–H and O–H groups in total. The molecule has 0 atom stereocenters. The number of nitrogens with one attached hydrogen (secondary N) is 2. The number of rotatable bonds is 4. The van der Waals surface area contributed by atoms with E-state index in [2.05, 4.69) is 31.5 Å². The van der Waals surface area contributed by atoms with Crippen LogP contribution in [0.5, 0.6) is 0 Å². The number of anilines is 1. The van der Waals surface area contributed by atoms with Gasteiger partial charge in [-0.1, -0.05) is 15.9 Å². The van der Waals surface area contributed by atoms with Gasteiger partial charge in [-0.25, -0.2) is 0 Å². The van der Waals surface area contributed by atoms with E-state index in [1.807, 2.05) is 31.3 Å². The normalized spacial score (nSPS) is 17.4. The van der Waals surface area contributed by atoms with E-state index in [0.717, 1.165) is 36.1 Å². The highest BCUT2D eigenvalue weighted by molar-refractivity contribution is 9.10. The molecule has 1 aromatic rings. The van der Waals surface area contributed by atoms with Crippen LogP contribution in [0.1, 0.15) is 12.8 Å². The predicted octanol–water partition coefficient (Wildman–Crippen LogP) is 2.07. The Morgan fingerprint density at radius 1 is 1.32 bits per heavy atom. The first-order chi connectivity index (χ1) is 9.17. The molecule has 0 aliphatic carbocycles. The van der Waals surface area contributed by atoms with Gasteiger partial charge in [0.1, 0.15) is 0 Å². The summed E-state index contributed by atoms with van der Waals surface area (Å²) in [6.07, 6.45) is 2.23. The number of likely N-dealkylation sites (tertiary alicyclic amines) is 1. The van der Waals surface area contributed by atoms with E-state index in [4.69, 9.17) is 0 Å². The average molecular weight is 326 g/mol. The van der Waals surface area contributed by atoms with Crippen molar-refractivity contribution in [1.82, 2.24) is 10.2 Å². The zero-order chi connectivity index (χ0) is 13.7. The molecule has 1 amide bonds. The zero-order valence-corrected chi connectivity index (χ0v) is 12.7. The molecule has 1 heterocycles. The second-order valence-corrected chi connectivity index (χ2v) is 5.81. The quantitative estimate of drug-likeness (QED) is 0.890. The zero-order valence-electron chi connectivity index (χ0n) is 11.2. The third kappa shape index (κ3) is 4.60. The monoisotopic (exact) mass is 325 g/mol. The molecule has 5 heteroatoms. The molecule has 1 fully saturated rings. The minimum atomic E-state index is 0.0604. The third-order valence-electron chi connectivity index (χ3n) is 3.49. The molecule has 1 aromatic carbocycles. The van der Waals surface area contributed by atoms with Crippen LogP contribution in [0, 0.1) is 0 Å². The molecule has 0 radical (unpaired) electrons. The van der Waals surface area contributed by atoms with Gasteiger partial charge in [0.25, 0.3) is 0 Å². The van der Waals surface area contributed by atoms with Crippen LogP contribution in [0.15, 0.2) is 28.7 Å². The number of benzene rings is 1. The van der Waals surface area contributed by atoms with Crippen molar-refractivity contribution in [2.45, 2.75) is 18.9 Å². The lowest BCUT2D eigenvalue weighted by molar-refractivity contribution is -0.117. The second kappa shape index (κ2) is 7.03. The van der Waals surface area contributed by atoms with Gasteiger partial charge in [-0.2, -0.15) is 0 Å². The summed E-state index contributed by atoms with van der Waals surface area (Å²) in [6, 6.07) is 8.25. The number of carbonyl (C=O) groups excluding carboxylic acids is 1. The van der Waals surface area contributed by atoms with Gasteiger partial charge in [-0.05, 0) is 44.2 Å². The molecule has 0 saturated carbocycles. The maximum atomic E-state index is 11.9. The molecular weight excluding hydrogens is 306 g/mol. The van der Waals surface area contributed by atoms with Gasteiger partial charge in [0.2, 0.25) is 5.91 Å². The van der Waals surface area contributed by atoms with Gasteiger partial charge in [-0.15, -0.1) is 0 Å². The minimum absolute atomic E-state index is 0.0604. The van der Waals surface area contributed by atoms with Gasteiger partial charge in [0.15, 0.2) is 0 Å². The molecular formula is C14H20BrN3O. The van der Waals surface area contributed by atoms with Crippen LogP contribution >= 0.6 is 15.9 Å². The van der Waals surface area contributed by atoms with Gasteiger partial charge in [0, 0.05) is 29.3 Å². The molecule has 1 saturated heterocycles. The fraction of sp³-hybridized carbons (Fsp3) is 0.500. The molecule has 0 aromatic heterocycles. The Morgan fingerprint density at radius 3 is 2.53 bits per heavy atom. The number of hydrogen-bond acceptors (Lipinski definition) is 3. The summed E-state index contributed by atoms with van der Waals surface area (Å²) in [6.45, 7) is 2.45. The number of nitrogens with zero attached hydrogens (tertiary/aromatic N) is 1. The van der Waals surface area contributed by atoms with Crippen molar-refractivity contribution in [3.05, 3.63) is 28.7 Å². The highest BCUT2D eigenvalue weighted by Crippen LogP contribution is 2.14. The minimum Gasteiger partial charge on any atom is -0.325 e. The third-order valence-corrected chi connectivity index (χ3v) is 4.02. The Bertz CT molecular complexity index is 413. The lowest BCUT2D eigenvalue weighted by atomic mass is 10.1. The molecule has 19 heavy (non-hydrogen) atoms. The molecule has 1 aliphatic rings. The van der Waals surface area contributed by atoms with Gasteiger partial charge < -0.3 is 10.6 Å². The second-order valence-electron chi connectivity index (χ2n) is 4.89. The molecule has 2 rings (SSSR count). The first-order valence-electron chi connectivity index (χ1n) is 6.62. The van der Waals surface area contributed by atoms with E-state index in [1.165, 1.54) is 0 Å². The van der Waals surface area contributed by atoms with E-state index in [-0.39, 0.29) is 5.91 Å². The Kier molecular flexibility index (Phi) is 5.36. The SMILES string of the molecule is CNC1CCN(CC(=O)Nc2ccc(Br)cc2)CC1. The van der Waals surface area contributed by atoms with E-state index in [0.29, 0.717) is 12.6 Å². The summed E-state index contributed by atoms with van der Waals surface area (Å²) in [4.78, 5) is 14.1. The van der Waals surface area contributed by atoms with Crippen LogP contribution in [0.4, 0.5) is 5.69 Å². The number of hydrogen-bond donors (Lipinski definition) is 2. The number of amides is 1. The fourth-order valence-electron chi connectivity index (χ4n) is 2.32. The highest BCUT2D eigenvalue weighted by atomic mass is 79.9. The van der Waals surface area contributed by atoms with Gasteiger partial charge >= 0.3 is 0 Å². The van der Waals surface area contributed by atoms with Crippen molar-refractivity contribution >= 4 is 27.5 Å².